The molecular formula is C27H27ClF3N5O6S. The van der Waals surface area contributed by atoms with E-state index in [1.165, 1.54) is 28.0 Å². The van der Waals surface area contributed by atoms with Crippen molar-refractivity contribution in [3.05, 3.63) is 58.9 Å². The van der Waals surface area contributed by atoms with Crippen LogP contribution in [0.4, 0.5) is 23.7 Å². The van der Waals surface area contributed by atoms with Crippen LogP contribution in [-0.4, -0.2) is 73.2 Å². The zero-order chi connectivity index (χ0) is 31.2. The molecule has 0 bridgehead atoms. The first-order valence-electron chi connectivity index (χ1n) is 13.2. The molecular weight excluding hydrogens is 615 g/mol. The van der Waals surface area contributed by atoms with Crippen molar-refractivity contribution in [1.29, 1.82) is 0 Å². The molecule has 230 valence electrons. The highest BCUT2D eigenvalue weighted by molar-refractivity contribution is 7.91. The standard InChI is InChI=1S/C27H27ClF3N5O6S/c1-26(8-10-35(11-9-26)25(38)41-15-27(29,30)31)24-34-33-22(42-24)17-4-7-21-20(12-17)36(13-16-2-5-18(28)6-3-16)23(37)19(32)14-43(21,39)40/h2-7,12,19H,8-11,13-15,32H2,1H3/t19-/m0/s1. The number of nitrogens with two attached hydrogens (primary N) is 1. The maximum Gasteiger partial charge on any atom is 0.422 e. The minimum absolute atomic E-state index is 0.0325. The van der Waals surface area contributed by atoms with Crippen molar-refractivity contribution in [2.24, 2.45) is 5.73 Å². The molecule has 1 aromatic heterocycles. The van der Waals surface area contributed by atoms with Gasteiger partial charge in [0.05, 0.1) is 28.9 Å². The number of hydrogen-bond acceptors (Lipinski definition) is 9. The van der Waals surface area contributed by atoms with Crippen LogP contribution < -0.4 is 10.6 Å². The van der Waals surface area contributed by atoms with Crippen LogP contribution >= 0.6 is 11.6 Å². The van der Waals surface area contributed by atoms with E-state index >= 15 is 0 Å². The lowest BCUT2D eigenvalue weighted by Gasteiger charge is -2.36. The summed E-state index contributed by atoms with van der Waals surface area (Å²) in [6, 6.07) is 9.82. The van der Waals surface area contributed by atoms with Crippen LogP contribution in [0.1, 0.15) is 31.2 Å². The number of alkyl halides is 3. The molecule has 16 heteroatoms. The van der Waals surface area contributed by atoms with Gasteiger partial charge in [-0.05, 0) is 48.7 Å². The Bertz CT molecular complexity index is 1640. The number of aromatic nitrogens is 2. The number of fused-ring (bicyclic) bond motifs is 1. The predicted octanol–water partition coefficient (Wildman–Crippen LogP) is 4.09. The third kappa shape index (κ3) is 6.63. The van der Waals surface area contributed by atoms with Crippen LogP contribution in [0, 0.1) is 0 Å². The average Bonchev–Trinajstić information content (AvgIpc) is 3.44. The summed E-state index contributed by atoms with van der Waals surface area (Å²) in [6.07, 6.45) is -5.03. The van der Waals surface area contributed by atoms with Crippen LogP contribution in [0.3, 0.4) is 0 Å². The van der Waals surface area contributed by atoms with E-state index in [0.29, 0.717) is 29.0 Å². The summed E-state index contributed by atoms with van der Waals surface area (Å²) in [7, 11) is -3.92. The molecule has 1 atom stereocenters. The van der Waals surface area contributed by atoms with Gasteiger partial charge in [0.1, 0.15) is 0 Å². The number of halogens is 4. The molecule has 43 heavy (non-hydrogen) atoms. The molecule has 11 nitrogen and oxygen atoms in total. The fourth-order valence-corrected chi connectivity index (χ4v) is 6.68. The molecule has 2 aliphatic rings. The van der Waals surface area contributed by atoms with E-state index in [1.807, 2.05) is 6.92 Å². The van der Waals surface area contributed by atoms with Crippen molar-refractivity contribution >= 4 is 39.1 Å². The molecule has 1 fully saturated rings. The fourth-order valence-electron chi connectivity index (χ4n) is 4.99. The Balaban J connectivity index is 1.40. The Morgan fingerprint density at radius 3 is 2.49 bits per heavy atom. The molecule has 2 aromatic carbocycles. The smallest absolute Gasteiger partial charge is 0.422 e. The van der Waals surface area contributed by atoms with Gasteiger partial charge in [-0.25, -0.2) is 13.2 Å². The third-order valence-corrected chi connectivity index (χ3v) is 9.56. The molecule has 2 aliphatic heterocycles. The summed E-state index contributed by atoms with van der Waals surface area (Å²) >= 11 is 5.99. The number of sulfone groups is 1. The van der Waals surface area contributed by atoms with Crippen molar-refractivity contribution in [3.8, 4) is 11.5 Å². The van der Waals surface area contributed by atoms with Crippen LogP contribution in [-0.2, 0) is 31.3 Å². The average molecular weight is 642 g/mol. The summed E-state index contributed by atoms with van der Waals surface area (Å²) in [5.41, 5.74) is 6.48. The Kier molecular flexibility index (Phi) is 8.17. The van der Waals surface area contributed by atoms with E-state index in [1.54, 1.807) is 24.3 Å². The molecule has 0 spiro atoms. The molecule has 0 unspecified atom stereocenters. The zero-order valence-corrected chi connectivity index (χ0v) is 24.4. The van der Waals surface area contributed by atoms with Crippen molar-refractivity contribution in [2.45, 2.75) is 48.8 Å². The SMILES string of the molecule is CC1(c2nnc(-c3ccc4c(c3)N(Cc3ccc(Cl)cc3)C(=O)[C@@H](N)CS4(=O)=O)o2)CCN(C(=O)OCC(F)(F)F)CC1. The maximum absolute atomic E-state index is 13.3. The van der Waals surface area contributed by atoms with Crippen molar-refractivity contribution in [3.63, 3.8) is 0 Å². The van der Waals surface area contributed by atoms with Gasteiger partial charge in [-0.2, -0.15) is 13.2 Å². The van der Waals surface area contributed by atoms with Gasteiger partial charge in [0.25, 0.3) is 0 Å². The van der Waals surface area contributed by atoms with Gasteiger partial charge >= 0.3 is 12.3 Å². The van der Waals surface area contributed by atoms with E-state index in [4.69, 9.17) is 21.8 Å². The molecule has 2 N–H and O–H groups in total. The number of piperidine rings is 1. The van der Waals surface area contributed by atoms with E-state index < -0.39 is 51.8 Å². The molecule has 0 radical (unpaired) electrons. The number of hydrogen-bond donors (Lipinski definition) is 1. The highest BCUT2D eigenvalue weighted by Crippen LogP contribution is 2.38. The lowest BCUT2D eigenvalue weighted by Crippen LogP contribution is -2.45. The van der Waals surface area contributed by atoms with Crippen LogP contribution in [0.15, 0.2) is 51.8 Å². The van der Waals surface area contributed by atoms with Gasteiger partial charge in [-0.3, -0.25) is 4.79 Å². The number of anilines is 1. The number of nitrogens with zero attached hydrogens (tertiary/aromatic N) is 4. The molecule has 3 heterocycles. The van der Waals surface area contributed by atoms with Crippen molar-refractivity contribution < 1.29 is 40.3 Å². The zero-order valence-electron chi connectivity index (χ0n) is 22.8. The van der Waals surface area contributed by atoms with Gasteiger partial charge in [-0.15, -0.1) is 10.2 Å². The monoisotopic (exact) mass is 641 g/mol. The van der Waals surface area contributed by atoms with Crippen LogP contribution in [0.5, 0.6) is 0 Å². The first-order chi connectivity index (χ1) is 20.1. The Morgan fingerprint density at radius 1 is 1.16 bits per heavy atom. The molecule has 5 rings (SSSR count). The normalized spacial score (nSPS) is 20.0. The molecule has 2 amide bonds. The van der Waals surface area contributed by atoms with Gasteiger partial charge in [0, 0.05) is 29.1 Å². The maximum atomic E-state index is 13.3. The predicted molar refractivity (Wildman–Crippen MR) is 148 cm³/mol. The number of ether oxygens (including phenoxy) is 1. The summed E-state index contributed by atoms with van der Waals surface area (Å²) < 4.78 is 73.8. The number of carbonyl (C=O) groups is 2. The summed E-state index contributed by atoms with van der Waals surface area (Å²) in [4.78, 5) is 27.8. The second-order valence-corrected chi connectivity index (χ2v) is 13.2. The number of rotatable bonds is 5. The van der Waals surface area contributed by atoms with E-state index in [-0.39, 0.29) is 42.0 Å². The van der Waals surface area contributed by atoms with E-state index in [2.05, 4.69) is 14.9 Å². The lowest BCUT2D eigenvalue weighted by atomic mass is 9.80. The topological polar surface area (TPSA) is 149 Å². The van der Waals surface area contributed by atoms with E-state index in [0.717, 1.165) is 0 Å². The van der Waals surface area contributed by atoms with Crippen molar-refractivity contribution in [1.82, 2.24) is 15.1 Å². The number of carbonyl (C=O) groups excluding carboxylic acids is 2. The molecule has 0 aliphatic carbocycles. The van der Waals surface area contributed by atoms with Gasteiger partial charge in [0.2, 0.25) is 17.7 Å². The second kappa shape index (κ2) is 11.4. The number of benzene rings is 2. The van der Waals surface area contributed by atoms with Crippen LogP contribution in [0.25, 0.3) is 11.5 Å². The first-order valence-corrected chi connectivity index (χ1v) is 15.2. The Hall–Kier alpha value is -3.69. The minimum atomic E-state index is -4.62. The summed E-state index contributed by atoms with van der Waals surface area (Å²) in [5, 5.41) is 8.82. The molecule has 0 saturated carbocycles. The minimum Gasteiger partial charge on any atom is -0.440 e. The first kappa shape index (κ1) is 30.8. The van der Waals surface area contributed by atoms with Gasteiger partial charge < -0.3 is 24.7 Å². The van der Waals surface area contributed by atoms with E-state index in [9.17, 15) is 31.2 Å². The lowest BCUT2D eigenvalue weighted by molar-refractivity contribution is -0.162. The fraction of sp³-hybridized carbons (Fsp3) is 0.407. The summed E-state index contributed by atoms with van der Waals surface area (Å²) in [5.74, 6) is -0.826. The Morgan fingerprint density at radius 2 is 1.84 bits per heavy atom. The second-order valence-electron chi connectivity index (χ2n) is 10.8. The quantitative estimate of drug-likeness (QED) is 0.435. The highest BCUT2D eigenvalue weighted by Gasteiger charge is 2.40. The van der Waals surface area contributed by atoms with Crippen molar-refractivity contribution in [2.75, 3.05) is 30.3 Å². The van der Waals surface area contributed by atoms with Crippen LogP contribution in [0.2, 0.25) is 5.02 Å². The number of likely N-dealkylation sites (tertiary alicyclic amines) is 1. The molecule has 1 saturated heterocycles. The molecule has 3 aromatic rings. The largest absolute Gasteiger partial charge is 0.440 e. The summed E-state index contributed by atoms with van der Waals surface area (Å²) in [6.45, 7) is 0.432. The Labute approximate surface area is 249 Å². The van der Waals surface area contributed by atoms with Gasteiger partial charge in [0.15, 0.2) is 16.4 Å². The number of amides is 2. The highest BCUT2D eigenvalue weighted by atomic mass is 35.5. The van der Waals surface area contributed by atoms with Gasteiger partial charge in [-0.1, -0.05) is 30.7 Å². The third-order valence-electron chi connectivity index (χ3n) is 7.49.